The minimum Gasteiger partial charge on any atom is -0.350 e. The Hall–Kier alpha value is -3.40. The second-order valence-corrected chi connectivity index (χ2v) is 13.8. The van der Waals surface area contributed by atoms with Crippen LogP contribution in [0.25, 0.3) is 0 Å². The molecule has 1 N–H and O–H groups in total. The number of hydrogen-bond acceptors (Lipinski definition) is 5. The first kappa shape index (κ1) is 31.5. The molecule has 0 bridgehead atoms. The van der Waals surface area contributed by atoms with Gasteiger partial charge in [-0.05, 0) is 57.0 Å². The Kier molecular flexibility index (Phi) is 9.65. The molecule has 8 nitrogen and oxygen atoms in total. The summed E-state index contributed by atoms with van der Waals surface area (Å²) in [6.45, 7) is 5.34. The monoisotopic (exact) mass is 629 g/mol. The third kappa shape index (κ3) is 7.14. The molecule has 222 valence electrons. The molecule has 0 aromatic heterocycles. The maximum Gasteiger partial charge on any atom is 0.269 e. The molecule has 1 unspecified atom stereocenters. The summed E-state index contributed by atoms with van der Waals surface area (Å²) in [4.78, 5) is 41.9. The van der Waals surface area contributed by atoms with E-state index < -0.39 is 33.4 Å². The number of nitrogens with zero attached hydrogens (tertiary/aromatic N) is 2. The number of hydrogen-bond donors (Lipinski definition) is 1. The van der Waals surface area contributed by atoms with Gasteiger partial charge in [0.15, 0.2) is 0 Å². The van der Waals surface area contributed by atoms with Gasteiger partial charge in [-0.1, -0.05) is 71.7 Å². The largest absolute Gasteiger partial charge is 0.350 e. The zero-order chi connectivity index (χ0) is 30.7. The van der Waals surface area contributed by atoms with Crippen LogP contribution in [0.3, 0.4) is 0 Å². The normalized spacial score (nSPS) is 14.8. The van der Waals surface area contributed by atoms with Gasteiger partial charge in [-0.25, -0.2) is 12.7 Å². The fraction of sp³-hybridized carbons (Fsp3) is 0.323. The quantitative estimate of drug-likeness (QED) is 0.320. The van der Waals surface area contributed by atoms with Gasteiger partial charge in [-0.15, -0.1) is 0 Å². The Labute approximate surface area is 256 Å². The van der Waals surface area contributed by atoms with Crippen LogP contribution in [-0.4, -0.2) is 53.5 Å². The van der Waals surface area contributed by atoms with Crippen LogP contribution in [0, 0.1) is 0 Å². The molecule has 1 heterocycles. The summed E-state index contributed by atoms with van der Waals surface area (Å²) >= 11 is 13.0. The molecule has 1 aliphatic rings. The fourth-order valence-electron chi connectivity index (χ4n) is 4.83. The Balaban J connectivity index is 1.62. The van der Waals surface area contributed by atoms with Crippen molar-refractivity contribution in [3.8, 4) is 0 Å². The first-order chi connectivity index (χ1) is 19.8. The van der Waals surface area contributed by atoms with Crippen molar-refractivity contribution >= 4 is 50.9 Å². The first-order valence-corrected chi connectivity index (χ1v) is 15.7. The van der Waals surface area contributed by atoms with Gasteiger partial charge in [-0.2, -0.15) is 0 Å². The molecule has 1 aliphatic heterocycles. The van der Waals surface area contributed by atoms with Crippen LogP contribution >= 0.6 is 23.2 Å². The van der Waals surface area contributed by atoms with E-state index in [1.54, 1.807) is 30.3 Å². The first-order valence-electron chi connectivity index (χ1n) is 13.5. The molecule has 0 aliphatic carbocycles. The highest BCUT2D eigenvalue weighted by atomic mass is 35.5. The van der Waals surface area contributed by atoms with E-state index in [1.165, 1.54) is 17.0 Å². The number of carbonyl (C=O) groups is 3. The Morgan fingerprint density at radius 3 is 2.17 bits per heavy atom. The van der Waals surface area contributed by atoms with Crippen molar-refractivity contribution in [3.05, 3.63) is 99.5 Å². The van der Waals surface area contributed by atoms with Crippen LogP contribution in [-0.2, 0) is 32.6 Å². The van der Waals surface area contributed by atoms with E-state index in [1.807, 2.05) is 51.1 Å². The van der Waals surface area contributed by atoms with E-state index in [-0.39, 0.29) is 48.7 Å². The van der Waals surface area contributed by atoms with Crippen LogP contribution in [0.15, 0.2) is 77.7 Å². The predicted octanol–water partition coefficient (Wildman–Crippen LogP) is 5.47. The molecule has 3 aromatic carbocycles. The van der Waals surface area contributed by atoms with Crippen molar-refractivity contribution in [3.63, 3.8) is 0 Å². The Morgan fingerprint density at radius 1 is 0.929 bits per heavy atom. The molecular weight excluding hydrogens is 597 g/mol. The van der Waals surface area contributed by atoms with Gasteiger partial charge in [-0.3, -0.25) is 14.4 Å². The predicted molar refractivity (Wildman–Crippen MR) is 163 cm³/mol. The van der Waals surface area contributed by atoms with Gasteiger partial charge in [0.2, 0.25) is 11.8 Å². The summed E-state index contributed by atoms with van der Waals surface area (Å²) in [5.74, 6) is -1.38. The summed E-state index contributed by atoms with van der Waals surface area (Å²) < 4.78 is 26.8. The fourth-order valence-corrected chi connectivity index (χ4v) is 6.95. The molecule has 0 saturated heterocycles. The van der Waals surface area contributed by atoms with Crippen molar-refractivity contribution in [2.24, 2.45) is 0 Å². The molecule has 0 saturated carbocycles. The van der Waals surface area contributed by atoms with Crippen molar-refractivity contribution in [2.45, 2.75) is 63.1 Å². The minimum atomic E-state index is -4.00. The molecule has 0 fully saturated rings. The standard InChI is InChI=1S/C31H33Cl2N3O5S/c1-31(2,3)34-29(38)26(19-21-11-5-4-6-12-21)35(20-23-24(32)14-9-15-25(23)33)28(37)17-10-18-36-30(39)22-13-7-8-16-27(22)42(36,40)41/h4-9,11-16,26H,10,17-20H2,1-3H3,(H,34,38). The number of fused-ring (bicyclic) bond motifs is 1. The van der Waals surface area contributed by atoms with E-state index in [2.05, 4.69) is 5.32 Å². The average Bonchev–Trinajstić information content (AvgIpc) is 3.12. The van der Waals surface area contributed by atoms with Gasteiger partial charge >= 0.3 is 0 Å². The maximum absolute atomic E-state index is 13.9. The lowest BCUT2D eigenvalue weighted by Gasteiger charge is -2.34. The van der Waals surface area contributed by atoms with Gasteiger partial charge in [0.25, 0.3) is 15.9 Å². The average molecular weight is 631 g/mol. The van der Waals surface area contributed by atoms with Gasteiger partial charge in [0.1, 0.15) is 10.9 Å². The lowest BCUT2D eigenvalue weighted by Crippen LogP contribution is -2.54. The number of amides is 3. The van der Waals surface area contributed by atoms with Crippen LogP contribution in [0.2, 0.25) is 10.0 Å². The van der Waals surface area contributed by atoms with Crippen LogP contribution in [0.1, 0.15) is 55.1 Å². The van der Waals surface area contributed by atoms with Crippen molar-refractivity contribution in [1.29, 1.82) is 0 Å². The van der Waals surface area contributed by atoms with E-state index in [0.29, 0.717) is 15.6 Å². The number of halogens is 2. The van der Waals surface area contributed by atoms with Crippen LogP contribution in [0.5, 0.6) is 0 Å². The zero-order valence-electron chi connectivity index (χ0n) is 23.6. The lowest BCUT2D eigenvalue weighted by molar-refractivity contribution is -0.142. The molecule has 0 spiro atoms. The number of nitrogens with one attached hydrogen (secondary N) is 1. The molecule has 11 heteroatoms. The second kappa shape index (κ2) is 12.9. The Bertz CT molecular complexity index is 1570. The Morgan fingerprint density at radius 2 is 1.55 bits per heavy atom. The molecule has 3 amide bonds. The maximum atomic E-state index is 13.9. The summed E-state index contributed by atoms with van der Waals surface area (Å²) in [5.41, 5.74) is 0.882. The molecule has 3 aromatic rings. The summed E-state index contributed by atoms with van der Waals surface area (Å²) in [5, 5.41) is 3.68. The van der Waals surface area contributed by atoms with E-state index in [4.69, 9.17) is 23.2 Å². The SMILES string of the molecule is CC(C)(C)NC(=O)C(Cc1ccccc1)N(Cc1c(Cl)cccc1Cl)C(=O)CCCN1C(=O)c2ccccc2S1(=O)=O. The van der Waals surface area contributed by atoms with E-state index in [0.717, 1.165) is 9.87 Å². The van der Waals surface area contributed by atoms with Crippen molar-refractivity contribution < 1.29 is 22.8 Å². The van der Waals surface area contributed by atoms with Crippen molar-refractivity contribution in [2.75, 3.05) is 6.54 Å². The second-order valence-electron chi connectivity index (χ2n) is 11.1. The van der Waals surface area contributed by atoms with Gasteiger partial charge < -0.3 is 10.2 Å². The van der Waals surface area contributed by atoms with Crippen molar-refractivity contribution in [1.82, 2.24) is 14.5 Å². The summed E-state index contributed by atoms with van der Waals surface area (Å²) in [6.07, 6.45) is 0.167. The molecule has 0 radical (unpaired) electrons. The number of sulfonamides is 1. The highest BCUT2D eigenvalue weighted by Crippen LogP contribution is 2.31. The third-order valence-electron chi connectivity index (χ3n) is 6.82. The topological polar surface area (TPSA) is 104 Å². The highest BCUT2D eigenvalue weighted by Gasteiger charge is 2.40. The smallest absolute Gasteiger partial charge is 0.269 e. The lowest BCUT2D eigenvalue weighted by atomic mass is 10.00. The number of rotatable bonds is 10. The minimum absolute atomic E-state index is 0.0429. The molecule has 1 atom stereocenters. The zero-order valence-corrected chi connectivity index (χ0v) is 26.0. The van der Waals surface area contributed by atoms with E-state index in [9.17, 15) is 22.8 Å². The summed E-state index contributed by atoms with van der Waals surface area (Å²) in [6, 6.07) is 19.5. The molecule has 42 heavy (non-hydrogen) atoms. The molecule has 4 rings (SSSR count). The third-order valence-corrected chi connectivity index (χ3v) is 9.37. The van der Waals surface area contributed by atoms with Crippen LogP contribution in [0.4, 0.5) is 0 Å². The molecular formula is C31H33Cl2N3O5S. The highest BCUT2D eigenvalue weighted by molar-refractivity contribution is 7.90. The van der Waals surface area contributed by atoms with Gasteiger partial charge in [0, 0.05) is 47.1 Å². The van der Waals surface area contributed by atoms with E-state index >= 15 is 0 Å². The number of benzene rings is 3. The number of carbonyl (C=O) groups excluding carboxylic acids is 3. The summed E-state index contributed by atoms with van der Waals surface area (Å²) in [7, 11) is -4.00. The van der Waals surface area contributed by atoms with Crippen LogP contribution < -0.4 is 5.32 Å². The van der Waals surface area contributed by atoms with Gasteiger partial charge in [0.05, 0.1) is 5.56 Å².